The van der Waals surface area contributed by atoms with E-state index in [2.05, 4.69) is 87.5 Å². The summed E-state index contributed by atoms with van der Waals surface area (Å²) < 4.78 is 6.38. The molecule has 1 unspecified atom stereocenters. The molecule has 15 aliphatic rings. The van der Waals surface area contributed by atoms with Crippen LogP contribution in [0.3, 0.4) is 0 Å². The first kappa shape index (κ1) is 71.2. The van der Waals surface area contributed by atoms with E-state index in [1.807, 2.05) is 31.1 Å². The molecule has 100 heavy (non-hydrogen) atoms. The van der Waals surface area contributed by atoms with Crippen molar-refractivity contribution in [2.24, 2.45) is 53.3 Å². The third-order valence-electron chi connectivity index (χ3n) is 26.9. The van der Waals surface area contributed by atoms with Crippen LogP contribution in [0.25, 0.3) is 0 Å². The van der Waals surface area contributed by atoms with Crippen molar-refractivity contribution in [3.8, 4) is 5.75 Å². The molecular formula is C79H129N20O+. The summed E-state index contributed by atoms with van der Waals surface area (Å²) in [6.07, 6.45) is 45.9. The molecule has 0 spiro atoms. The maximum Gasteiger partial charge on any atom is 0.231 e. The highest BCUT2D eigenvalue weighted by molar-refractivity contribution is 5.48. The molecule has 1 saturated heterocycles. The Morgan fingerprint density at radius 1 is 0.460 bits per heavy atom. The quantitative estimate of drug-likeness (QED) is 0.0158. The summed E-state index contributed by atoms with van der Waals surface area (Å²) in [4.78, 5) is 48.0. The second-order valence-corrected chi connectivity index (χ2v) is 35.2. The highest BCUT2D eigenvalue weighted by Gasteiger charge is 2.54. The van der Waals surface area contributed by atoms with Crippen molar-refractivity contribution in [3.05, 3.63) is 29.8 Å². The van der Waals surface area contributed by atoms with Crippen molar-refractivity contribution in [1.29, 1.82) is 0 Å². The number of benzene rings is 1. The second kappa shape index (κ2) is 32.0. The van der Waals surface area contributed by atoms with Crippen molar-refractivity contribution < 1.29 is 9.22 Å². The zero-order valence-electron chi connectivity index (χ0n) is 62.7. The predicted octanol–water partition coefficient (Wildman–Crippen LogP) is 14.9. The van der Waals surface area contributed by atoms with Gasteiger partial charge in [0.2, 0.25) is 53.5 Å². The standard InChI is InChI=1S/C30H48N7O.C27H45N7.C22H36N6/c1-5-37(3,6-2)15-7-13-31-27-33-28(32-14-12-22-8-10-26(38-4)11-9-22)35-29(34-27)36-30-19-23-16-24(20-30)18-25(17-23)21-30;1-34-12-6-9-23(34)10-11-28-24-30-25(29-22-7-4-2-3-5-8-22)32-26(31-24)33-27-16-19-13-20(17-27)15-21(14-19)18-27;1-28(2)21-25-19(23-18-7-5-3-4-6-8-18)24-20(26-21)27-22-12-15-9-16(13-22)11-17(10-15)14-22/h8-11,23-25H,5-7,12-21H2,1-4H3,(H3,31,32,33,34,35,36);19-23H,2-18H2,1H3,(H3,28,29,30,31,32,33);15-18H,3-14H2,1-2H3,(H2,23,24,25,26,27)/q+1;;. The van der Waals surface area contributed by atoms with E-state index in [1.54, 1.807) is 7.11 Å². The molecule has 550 valence electrons. The predicted molar refractivity (Wildman–Crippen MR) is 407 cm³/mol. The summed E-state index contributed by atoms with van der Waals surface area (Å²) in [5, 5.41) is 29.5. The molecule has 19 rings (SSSR count). The van der Waals surface area contributed by atoms with Gasteiger partial charge in [0.25, 0.3) is 0 Å². The molecule has 14 aliphatic carbocycles. The molecule has 15 fully saturated rings. The van der Waals surface area contributed by atoms with Gasteiger partial charge in [-0.15, -0.1) is 0 Å². The molecular weight excluding hydrogens is 1250 g/mol. The van der Waals surface area contributed by atoms with Crippen molar-refractivity contribution in [3.63, 3.8) is 0 Å². The van der Waals surface area contributed by atoms with Gasteiger partial charge in [0, 0.05) is 74.9 Å². The minimum Gasteiger partial charge on any atom is -0.497 e. The Kier molecular flexibility index (Phi) is 22.8. The summed E-state index contributed by atoms with van der Waals surface area (Å²) >= 11 is 0. The molecule has 14 saturated carbocycles. The number of ether oxygens (including phenoxy) is 1. The number of methoxy groups -OCH3 is 1. The number of nitrogens with zero attached hydrogens (tertiary/aromatic N) is 12. The van der Waals surface area contributed by atoms with Crippen LogP contribution in [0.2, 0.25) is 0 Å². The number of likely N-dealkylation sites (tertiary alicyclic amines) is 1. The van der Waals surface area contributed by atoms with E-state index in [-0.39, 0.29) is 16.6 Å². The van der Waals surface area contributed by atoms with Gasteiger partial charge in [-0.25, -0.2) is 0 Å². The van der Waals surface area contributed by atoms with E-state index in [0.717, 1.165) is 164 Å². The number of hydrogen-bond donors (Lipinski definition) is 8. The van der Waals surface area contributed by atoms with Gasteiger partial charge in [0.15, 0.2) is 0 Å². The van der Waals surface area contributed by atoms with Gasteiger partial charge in [0.05, 0.1) is 33.8 Å². The summed E-state index contributed by atoms with van der Waals surface area (Å²) in [7, 11) is 10.3. The third kappa shape index (κ3) is 18.4. The van der Waals surface area contributed by atoms with Gasteiger partial charge >= 0.3 is 0 Å². The van der Waals surface area contributed by atoms with Crippen LogP contribution >= 0.6 is 0 Å². The van der Waals surface area contributed by atoms with E-state index in [1.165, 1.54) is 218 Å². The maximum absolute atomic E-state index is 5.28. The zero-order valence-corrected chi connectivity index (χ0v) is 62.7. The van der Waals surface area contributed by atoms with Crippen LogP contribution in [0.1, 0.15) is 238 Å². The molecule has 12 bridgehead atoms. The van der Waals surface area contributed by atoms with Crippen molar-refractivity contribution >= 4 is 53.5 Å². The molecule has 3 aromatic heterocycles. The van der Waals surface area contributed by atoms with E-state index in [4.69, 9.17) is 49.6 Å². The Labute approximate surface area is 600 Å². The largest absolute Gasteiger partial charge is 0.497 e. The first-order valence-electron chi connectivity index (χ1n) is 40.8. The topological polar surface area (TPSA) is 228 Å². The molecule has 1 aliphatic heterocycles. The fraction of sp³-hybridized carbons (Fsp3) is 0.810. The lowest BCUT2D eigenvalue weighted by atomic mass is 9.53. The average Bonchev–Trinajstić information content (AvgIpc) is 0.779. The van der Waals surface area contributed by atoms with E-state index < -0.39 is 0 Å². The lowest BCUT2D eigenvalue weighted by Crippen LogP contribution is -2.55. The lowest BCUT2D eigenvalue weighted by Gasteiger charge is -2.56. The minimum atomic E-state index is 0.162. The molecule has 0 radical (unpaired) electrons. The van der Waals surface area contributed by atoms with Gasteiger partial charge in [-0.3, -0.25) is 0 Å². The molecule has 0 amide bonds. The van der Waals surface area contributed by atoms with Gasteiger partial charge in [0.1, 0.15) is 5.75 Å². The average molecular weight is 1380 g/mol. The number of hydrogen-bond acceptors (Lipinski definition) is 20. The van der Waals surface area contributed by atoms with Crippen LogP contribution < -0.4 is 52.2 Å². The van der Waals surface area contributed by atoms with E-state index in [9.17, 15) is 0 Å². The Bertz CT molecular complexity index is 3150. The number of nitrogens with one attached hydrogen (secondary N) is 8. The zero-order chi connectivity index (χ0) is 68.7. The first-order chi connectivity index (χ1) is 48.6. The molecule has 4 heterocycles. The molecule has 21 heteroatoms. The maximum atomic E-state index is 5.28. The second-order valence-electron chi connectivity index (χ2n) is 35.2. The molecule has 1 atom stereocenters. The SMILES string of the molecule is CC[N+](C)(CC)CCCNc1nc(NCCc2ccc(OC)cc2)nc(NC23CC4CC(CC(C4)C2)C3)n1.CN(C)c1nc(NC2CCCCCC2)nc(NC23CC4CC(CC(C4)C2)C3)n1.CN1CCCC1CCNc1nc(NC2CCCCCC2)nc(NC23CC4CC(CC(C4)C2)C3)n1. The van der Waals surface area contributed by atoms with Gasteiger partial charge in [-0.05, 0) is 265 Å². The fourth-order valence-electron chi connectivity index (χ4n) is 22.6. The Morgan fingerprint density at radius 3 is 1.23 bits per heavy atom. The normalized spacial score (nSPS) is 31.8. The molecule has 8 N–H and O–H groups in total. The summed E-state index contributed by atoms with van der Waals surface area (Å²) in [5.41, 5.74) is 1.85. The van der Waals surface area contributed by atoms with Crippen molar-refractivity contribution in [2.45, 2.75) is 273 Å². The Morgan fingerprint density at radius 2 is 0.830 bits per heavy atom. The summed E-state index contributed by atoms with van der Waals surface area (Å²) in [6.45, 7) is 11.8. The van der Waals surface area contributed by atoms with Crippen LogP contribution in [-0.4, -0.2) is 170 Å². The van der Waals surface area contributed by atoms with Crippen LogP contribution in [0, 0.1) is 53.3 Å². The third-order valence-corrected chi connectivity index (χ3v) is 26.9. The van der Waals surface area contributed by atoms with Gasteiger partial charge in [-0.2, -0.15) is 44.9 Å². The van der Waals surface area contributed by atoms with Crippen molar-refractivity contribution in [1.82, 2.24) is 49.8 Å². The van der Waals surface area contributed by atoms with Crippen LogP contribution in [-0.2, 0) is 6.42 Å². The van der Waals surface area contributed by atoms with Crippen LogP contribution in [0.5, 0.6) is 5.75 Å². The van der Waals surface area contributed by atoms with Gasteiger partial charge in [-0.1, -0.05) is 63.5 Å². The Balaban J connectivity index is 0.000000129. The molecule has 21 nitrogen and oxygen atoms in total. The molecule has 1 aromatic carbocycles. The van der Waals surface area contributed by atoms with Crippen LogP contribution in [0.15, 0.2) is 24.3 Å². The highest BCUT2D eigenvalue weighted by atomic mass is 16.5. The number of anilines is 9. The van der Waals surface area contributed by atoms with E-state index in [0.29, 0.717) is 30.0 Å². The van der Waals surface area contributed by atoms with Gasteiger partial charge < -0.3 is 61.6 Å². The Hall–Kier alpha value is -5.83. The van der Waals surface area contributed by atoms with Crippen molar-refractivity contribution in [2.75, 3.05) is 129 Å². The smallest absolute Gasteiger partial charge is 0.231 e. The number of aromatic nitrogens is 9. The number of quaternary nitrogens is 1. The highest BCUT2D eigenvalue weighted by Crippen LogP contribution is 2.59. The fourth-order valence-corrected chi connectivity index (χ4v) is 22.6. The van der Waals surface area contributed by atoms with Crippen LogP contribution in [0.4, 0.5) is 53.5 Å². The summed E-state index contributed by atoms with van der Waals surface area (Å²) in [5.74, 6) is 15.6. The van der Waals surface area contributed by atoms with E-state index >= 15 is 0 Å². The lowest BCUT2D eigenvalue weighted by molar-refractivity contribution is -0.906. The minimum absolute atomic E-state index is 0.162. The monoisotopic (exact) mass is 1370 g/mol. The molecule has 4 aromatic rings. The summed E-state index contributed by atoms with van der Waals surface area (Å²) in [6, 6.07) is 9.90. The number of rotatable bonds is 27. The first-order valence-corrected chi connectivity index (χ1v) is 40.8.